The van der Waals surface area contributed by atoms with E-state index in [2.05, 4.69) is 0 Å². The molecule has 2 aromatic carbocycles. The molecule has 0 fully saturated rings. The summed E-state index contributed by atoms with van der Waals surface area (Å²) in [5.74, 6) is 0. The van der Waals surface area contributed by atoms with Crippen LogP contribution in [0.1, 0.15) is 16.0 Å². The number of sulfone groups is 1. The zero-order valence-corrected chi connectivity index (χ0v) is 16.0. The Morgan fingerprint density at radius 3 is 2.48 bits per heavy atom. The molecular formula is C19H14ClNO2S2. The third kappa shape index (κ3) is 3.34. The van der Waals surface area contributed by atoms with Gasteiger partial charge in [-0.05, 0) is 61.2 Å². The summed E-state index contributed by atoms with van der Waals surface area (Å²) in [6, 6.07) is 13.9. The Kier molecular flexibility index (Phi) is 4.70. The van der Waals surface area contributed by atoms with E-state index in [-0.39, 0.29) is 9.80 Å². The fourth-order valence-electron chi connectivity index (χ4n) is 2.48. The smallest absolute Gasteiger partial charge is 0.216 e. The Hall–Kier alpha value is -2.13. The normalized spacial score (nSPS) is 12.3. The van der Waals surface area contributed by atoms with Gasteiger partial charge in [0.25, 0.3) is 0 Å². The van der Waals surface area contributed by atoms with Crippen molar-refractivity contribution in [2.45, 2.75) is 18.7 Å². The molecule has 0 atom stereocenters. The Labute approximate surface area is 155 Å². The standard InChI is InChI=1S/C19H14ClNO2S2/c1-12-3-6-15(7-4-12)25(22,23)16(11-21)10-19-13(2)17-9-14(20)5-8-18(17)24-19/h3-10H,1-2H3/b16-10-. The van der Waals surface area contributed by atoms with Gasteiger partial charge in [0.05, 0.1) is 4.90 Å². The Morgan fingerprint density at radius 2 is 1.84 bits per heavy atom. The highest BCUT2D eigenvalue weighted by Crippen LogP contribution is 2.35. The number of thiophene rings is 1. The van der Waals surface area contributed by atoms with Crippen LogP contribution in [0.2, 0.25) is 5.02 Å². The SMILES string of the molecule is Cc1ccc(S(=O)(=O)/C(C#N)=C\c2sc3ccc(Cl)cc3c2C)cc1. The van der Waals surface area contributed by atoms with Gasteiger partial charge in [0.2, 0.25) is 9.84 Å². The maximum Gasteiger partial charge on any atom is 0.216 e. The van der Waals surface area contributed by atoms with Gasteiger partial charge >= 0.3 is 0 Å². The summed E-state index contributed by atoms with van der Waals surface area (Å²) in [7, 11) is -3.85. The topological polar surface area (TPSA) is 57.9 Å². The average molecular weight is 388 g/mol. The van der Waals surface area contributed by atoms with Crippen molar-refractivity contribution in [3.05, 3.63) is 68.4 Å². The lowest BCUT2D eigenvalue weighted by atomic mass is 10.1. The van der Waals surface area contributed by atoms with Crippen molar-refractivity contribution in [1.82, 2.24) is 0 Å². The molecule has 6 heteroatoms. The van der Waals surface area contributed by atoms with Crippen LogP contribution in [-0.4, -0.2) is 8.42 Å². The van der Waals surface area contributed by atoms with Gasteiger partial charge in [0.15, 0.2) is 4.91 Å². The first-order chi connectivity index (χ1) is 11.8. The Balaban J connectivity index is 2.14. The molecule has 3 rings (SSSR count). The molecule has 1 aromatic heterocycles. The van der Waals surface area contributed by atoms with Crippen LogP contribution in [-0.2, 0) is 9.84 Å². The molecule has 126 valence electrons. The molecule has 0 saturated carbocycles. The molecule has 1 heterocycles. The second kappa shape index (κ2) is 6.64. The van der Waals surface area contributed by atoms with Crippen LogP contribution in [0.5, 0.6) is 0 Å². The number of nitriles is 1. The van der Waals surface area contributed by atoms with E-state index in [1.807, 2.05) is 32.0 Å². The lowest BCUT2D eigenvalue weighted by Gasteiger charge is -2.03. The molecule has 0 spiro atoms. The van der Waals surface area contributed by atoms with Gasteiger partial charge in [0.1, 0.15) is 6.07 Å². The van der Waals surface area contributed by atoms with Crippen LogP contribution in [0.25, 0.3) is 16.2 Å². The minimum absolute atomic E-state index is 0.118. The largest absolute Gasteiger partial charge is 0.218 e. The van der Waals surface area contributed by atoms with Gasteiger partial charge in [-0.1, -0.05) is 29.3 Å². The summed E-state index contributed by atoms with van der Waals surface area (Å²) in [6.07, 6.45) is 1.45. The number of hydrogen-bond donors (Lipinski definition) is 0. The average Bonchev–Trinajstić information content (AvgIpc) is 2.88. The third-order valence-electron chi connectivity index (χ3n) is 3.93. The van der Waals surface area contributed by atoms with Gasteiger partial charge in [-0.3, -0.25) is 0 Å². The first kappa shape index (κ1) is 17.7. The molecule has 3 nitrogen and oxygen atoms in total. The molecule has 0 bridgehead atoms. The summed E-state index contributed by atoms with van der Waals surface area (Å²) in [5.41, 5.74) is 1.87. The van der Waals surface area contributed by atoms with Crippen molar-refractivity contribution in [1.29, 1.82) is 5.26 Å². The molecule has 0 aliphatic rings. The maximum absolute atomic E-state index is 12.8. The lowest BCUT2D eigenvalue weighted by Crippen LogP contribution is -2.03. The zero-order chi connectivity index (χ0) is 18.2. The first-order valence-corrected chi connectivity index (χ1v) is 10.1. The second-order valence-corrected chi connectivity index (χ2v) is 9.11. The van der Waals surface area contributed by atoms with Crippen LogP contribution in [0.4, 0.5) is 0 Å². The fourth-order valence-corrected chi connectivity index (χ4v) is 5.01. The van der Waals surface area contributed by atoms with Crippen LogP contribution in [0.3, 0.4) is 0 Å². The number of fused-ring (bicyclic) bond motifs is 1. The van der Waals surface area contributed by atoms with Crippen LogP contribution >= 0.6 is 22.9 Å². The van der Waals surface area contributed by atoms with Crippen molar-refractivity contribution < 1.29 is 8.42 Å². The van der Waals surface area contributed by atoms with Gasteiger partial charge in [0, 0.05) is 14.6 Å². The molecular weight excluding hydrogens is 374 g/mol. The monoisotopic (exact) mass is 387 g/mol. The fraction of sp³-hybridized carbons (Fsp3) is 0.105. The van der Waals surface area contributed by atoms with E-state index in [9.17, 15) is 13.7 Å². The van der Waals surface area contributed by atoms with Crippen molar-refractivity contribution in [2.24, 2.45) is 0 Å². The van der Waals surface area contributed by atoms with Crippen molar-refractivity contribution in [2.75, 3.05) is 0 Å². The van der Waals surface area contributed by atoms with Crippen molar-refractivity contribution >= 4 is 48.9 Å². The van der Waals surface area contributed by atoms with Gasteiger partial charge in [-0.15, -0.1) is 11.3 Å². The number of halogens is 1. The van der Waals surface area contributed by atoms with Crippen molar-refractivity contribution in [3.63, 3.8) is 0 Å². The van der Waals surface area contributed by atoms with E-state index in [1.165, 1.54) is 29.5 Å². The third-order valence-corrected chi connectivity index (χ3v) is 7.06. The predicted octanol–water partition coefficient (Wildman–Crippen LogP) is 5.51. The molecule has 0 amide bonds. The predicted molar refractivity (Wildman–Crippen MR) is 104 cm³/mol. The highest BCUT2D eigenvalue weighted by molar-refractivity contribution is 7.95. The van der Waals surface area contributed by atoms with E-state index in [4.69, 9.17) is 11.6 Å². The summed E-state index contributed by atoms with van der Waals surface area (Å²) >= 11 is 7.48. The molecule has 0 radical (unpaired) electrons. The number of benzene rings is 2. The molecule has 0 unspecified atom stereocenters. The van der Waals surface area contributed by atoms with Crippen LogP contribution < -0.4 is 0 Å². The molecule has 25 heavy (non-hydrogen) atoms. The van der Waals surface area contributed by atoms with Crippen LogP contribution in [0.15, 0.2) is 52.3 Å². The van der Waals surface area contributed by atoms with E-state index in [0.29, 0.717) is 5.02 Å². The number of aryl methyl sites for hydroxylation is 2. The number of hydrogen-bond acceptors (Lipinski definition) is 4. The van der Waals surface area contributed by atoms with Crippen LogP contribution in [0, 0.1) is 25.2 Å². The Bertz CT molecular complexity index is 1130. The minimum atomic E-state index is -3.85. The first-order valence-electron chi connectivity index (χ1n) is 7.45. The summed E-state index contributed by atoms with van der Waals surface area (Å²) in [5, 5.41) is 11.0. The summed E-state index contributed by atoms with van der Waals surface area (Å²) in [4.78, 5) is 0.592. The number of rotatable bonds is 3. The minimum Gasteiger partial charge on any atom is -0.218 e. The van der Waals surface area contributed by atoms with E-state index in [0.717, 1.165) is 26.1 Å². The lowest BCUT2D eigenvalue weighted by molar-refractivity contribution is 0.603. The number of allylic oxidation sites excluding steroid dienone is 1. The second-order valence-electron chi connectivity index (χ2n) is 5.67. The van der Waals surface area contributed by atoms with Gasteiger partial charge in [-0.2, -0.15) is 5.26 Å². The molecule has 0 N–H and O–H groups in total. The van der Waals surface area contributed by atoms with Gasteiger partial charge < -0.3 is 0 Å². The van der Waals surface area contributed by atoms with E-state index < -0.39 is 9.84 Å². The highest BCUT2D eigenvalue weighted by Gasteiger charge is 2.21. The van der Waals surface area contributed by atoms with E-state index in [1.54, 1.807) is 18.2 Å². The van der Waals surface area contributed by atoms with Crippen molar-refractivity contribution in [3.8, 4) is 6.07 Å². The maximum atomic E-state index is 12.8. The zero-order valence-electron chi connectivity index (χ0n) is 13.6. The molecule has 0 aliphatic heterocycles. The van der Waals surface area contributed by atoms with Gasteiger partial charge in [-0.25, -0.2) is 8.42 Å². The van der Waals surface area contributed by atoms with E-state index >= 15 is 0 Å². The molecule has 0 aliphatic carbocycles. The molecule has 0 saturated heterocycles. The Morgan fingerprint density at radius 1 is 1.16 bits per heavy atom. The summed E-state index contributed by atoms with van der Waals surface area (Å²) < 4.78 is 26.5. The number of nitrogens with zero attached hydrogens (tertiary/aromatic N) is 1. The molecule has 3 aromatic rings. The highest BCUT2D eigenvalue weighted by atomic mass is 35.5. The summed E-state index contributed by atoms with van der Waals surface area (Å²) in [6.45, 7) is 3.78. The quantitative estimate of drug-likeness (QED) is 0.556.